The molecule has 2 aromatic rings. The van der Waals surface area contributed by atoms with Gasteiger partial charge < -0.3 is 0 Å². The van der Waals surface area contributed by atoms with Gasteiger partial charge in [0.2, 0.25) is 0 Å². The number of benzene rings is 2. The van der Waals surface area contributed by atoms with Gasteiger partial charge in [0.25, 0.3) is 0 Å². The minimum Gasteiger partial charge on any atom is -0.166 e. The Labute approximate surface area is 136 Å². The zero-order chi connectivity index (χ0) is 17.1. The molecule has 0 saturated carbocycles. The van der Waals surface area contributed by atoms with Crippen molar-refractivity contribution >= 4 is 13.3 Å². The van der Waals surface area contributed by atoms with E-state index in [-0.39, 0.29) is 5.54 Å². The second-order valence-electron chi connectivity index (χ2n) is 6.21. The van der Waals surface area contributed by atoms with E-state index in [1.54, 1.807) is 12.1 Å². The van der Waals surface area contributed by atoms with Crippen LogP contribution < -0.4 is 5.19 Å². The molecular weight excluding hydrogens is 313 g/mol. The lowest BCUT2D eigenvalue weighted by Crippen LogP contribution is -2.47. The fraction of sp³-hybridized carbons (Fsp3) is 0.263. The lowest BCUT2D eigenvalue weighted by molar-refractivity contribution is -0.137. The number of rotatable bonds is 4. The van der Waals surface area contributed by atoms with Crippen LogP contribution in [0.2, 0.25) is 13.1 Å². The lowest BCUT2D eigenvalue weighted by Gasteiger charge is -2.31. The first-order chi connectivity index (χ1) is 10.8. The SMILES string of the molecule is C/C=C/[C@@H](c1ccc(C(F)(F)F)cc1)[Si](C)(C)c1ccccc1. The maximum absolute atomic E-state index is 12.8. The molecule has 4 heteroatoms. The molecule has 23 heavy (non-hydrogen) atoms. The second-order valence-corrected chi connectivity index (χ2v) is 10.9. The first kappa shape index (κ1) is 17.5. The Morgan fingerprint density at radius 1 is 0.913 bits per heavy atom. The van der Waals surface area contributed by atoms with Crippen LogP contribution >= 0.6 is 0 Å². The molecule has 0 aliphatic rings. The fourth-order valence-electron chi connectivity index (χ4n) is 2.89. The van der Waals surface area contributed by atoms with E-state index in [4.69, 9.17) is 0 Å². The summed E-state index contributed by atoms with van der Waals surface area (Å²) in [6.07, 6.45) is -0.192. The average molecular weight is 334 g/mol. The molecule has 2 aromatic carbocycles. The van der Waals surface area contributed by atoms with Gasteiger partial charge in [-0.2, -0.15) is 13.2 Å². The van der Waals surface area contributed by atoms with E-state index in [9.17, 15) is 13.2 Å². The molecule has 0 radical (unpaired) electrons. The van der Waals surface area contributed by atoms with Crippen LogP contribution in [0.1, 0.15) is 23.6 Å². The third kappa shape index (κ3) is 3.94. The van der Waals surface area contributed by atoms with Crippen molar-refractivity contribution in [3.05, 3.63) is 77.9 Å². The molecule has 0 spiro atoms. The summed E-state index contributed by atoms with van der Waals surface area (Å²) in [4.78, 5) is 0. The van der Waals surface area contributed by atoms with Gasteiger partial charge in [0.05, 0.1) is 13.6 Å². The van der Waals surface area contributed by atoms with Gasteiger partial charge in [-0.05, 0) is 24.6 Å². The first-order valence-electron chi connectivity index (χ1n) is 7.62. The van der Waals surface area contributed by atoms with Crippen molar-refractivity contribution in [3.63, 3.8) is 0 Å². The van der Waals surface area contributed by atoms with Crippen molar-refractivity contribution in [1.29, 1.82) is 0 Å². The van der Waals surface area contributed by atoms with E-state index in [0.717, 1.165) is 5.56 Å². The smallest absolute Gasteiger partial charge is 0.166 e. The number of allylic oxidation sites excluding steroid dienone is 2. The van der Waals surface area contributed by atoms with Gasteiger partial charge in [-0.25, -0.2) is 0 Å². The number of hydrogen-bond acceptors (Lipinski definition) is 0. The summed E-state index contributed by atoms with van der Waals surface area (Å²) in [7, 11) is -1.90. The van der Waals surface area contributed by atoms with Gasteiger partial charge >= 0.3 is 6.18 Å². The van der Waals surface area contributed by atoms with Crippen LogP contribution in [-0.2, 0) is 6.18 Å². The highest BCUT2D eigenvalue weighted by Gasteiger charge is 2.34. The molecule has 0 fully saturated rings. The number of hydrogen-bond donors (Lipinski definition) is 0. The Kier molecular flexibility index (Phi) is 5.15. The molecule has 0 heterocycles. The second kappa shape index (κ2) is 6.75. The Bertz CT molecular complexity index is 655. The van der Waals surface area contributed by atoms with Crippen LogP contribution in [0.25, 0.3) is 0 Å². The van der Waals surface area contributed by atoms with Crippen LogP contribution in [0.5, 0.6) is 0 Å². The average Bonchev–Trinajstić information content (AvgIpc) is 2.52. The predicted octanol–water partition coefficient (Wildman–Crippen LogP) is 5.52. The van der Waals surface area contributed by atoms with Gasteiger partial charge in [-0.3, -0.25) is 0 Å². The van der Waals surface area contributed by atoms with E-state index in [1.807, 2.05) is 31.2 Å². The molecule has 2 rings (SSSR count). The van der Waals surface area contributed by atoms with E-state index in [1.165, 1.54) is 17.3 Å². The molecule has 0 aliphatic heterocycles. The maximum Gasteiger partial charge on any atom is 0.416 e. The highest BCUT2D eigenvalue weighted by Crippen LogP contribution is 2.33. The Balaban J connectivity index is 2.43. The molecule has 0 aromatic heterocycles. The van der Waals surface area contributed by atoms with Crippen molar-refractivity contribution in [2.45, 2.75) is 31.7 Å². The van der Waals surface area contributed by atoms with Crippen LogP contribution in [0, 0.1) is 0 Å². The summed E-state index contributed by atoms with van der Waals surface area (Å²) in [5.41, 5.74) is 0.480. The monoisotopic (exact) mass is 334 g/mol. The highest BCUT2D eigenvalue weighted by molar-refractivity contribution is 6.91. The van der Waals surface area contributed by atoms with Crippen molar-refractivity contribution in [2.75, 3.05) is 0 Å². The van der Waals surface area contributed by atoms with Crippen molar-refractivity contribution < 1.29 is 13.2 Å². The van der Waals surface area contributed by atoms with Gasteiger partial charge in [0.15, 0.2) is 0 Å². The highest BCUT2D eigenvalue weighted by atomic mass is 28.3. The van der Waals surface area contributed by atoms with Gasteiger partial charge in [-0.1, -0.05) is 72.9 Å². The summed E-state index contributed by atoms with van der Waals surface area (Å²) in [5.74, 6) is 0. The molecule has 0 saturated heterocycles. The minimum absolute atomic E-state index is 0.136. The Morgan fingerprint density at radius 3 is 1.96 bits per heavy atom. The van der Waals surface area contributed by atoms with Crippen molar-refractivity contribution in [1.82, 2.24) is 0 Å². The van der Waals surface area contributed by atoms with E-state index in [0.29, 0.717) is 0 Å². The minimum atomic E-state index is -4.29. The van der Waals surface area contributed by atoms with Crippen molar-refractivity contribution in [3.8, 4) is 0 Å². The van der Waals surface area contributed by atoms with Crippen molar-refractivity contribution in [2.24, 2.45) is 0 Å². The standard InChI is InChI=1S/C19H21F3Si/c1-4-8-18(23(2,3)17-9-6-5-7-10-17)15-11-13-16(14-12-15)19(20,21)22/h4-14,18H,1-3H3/b8-4+/t18-/m0/s1. The molecule has 0 unspecified atom stereocenters. The summed E-state index contributed by atoms with van der Waals surface area (Å²) in [6, 6.07) is 15.8. The normalized spacial score (nSPS) is 14.2. The third-order valence-corrected chi connectivity index (χ3v) is 8.18. The molecular formula is C19H21F3Si. The van der Waals surface area contributed by atoms with Crippen LogP contribution in [0.4, 0.5) is 13.2 Å². The Hall–Kier alpha value is -1.81. The molecule has 0 bridgehead atoms. The van der Waals surface area contributed by atoms with E-state index < -0.39 is 19.8 Å². The molecule has 0 aliphatic carbocycles. The van der Waals surface area contributed by atoms with Gasteiger partial charge in [-0.15, -0.1) is 0 Å². The summed E-state index contributed by atoms with van der Waals surface area (Å²) in [6.45, 7) is 6.46. The lowest BCUT2D eigenvalue weighted by atomic mass is 10.1. The van der Waals surface area contributed by atoms with Crippen LogP contribution in [-0.4, -0.2) is 8.07 Å². The Morgan fingerprint density at radius 2 is 1.48 bits per heavy atom. The van der Waals surface area contributed by atoms with E-state index >= 15 is 0 Å². The summed E-state index contributed by atoms with van der Waals surface area (Å²) < 4.78 is 38.3. The van der Waals surface area contributed by atoms with Crippen LogP contribution in [0.15, 0.2) is 66.7 Å². The molecule has 0 N–H and O–H groups in total. The number of alkyl halides is 3. The zero-order valence-corrected chi connectivity index (χ0v) is 14.6. The fourth-order valence-corrected chi connectivity index (χ4v) is 6.00. The zero-order valence-electron chi connectivity index (χ0n) is 13.6. The quantitative estimate of drug-likeness (QED) is 0.510. The summed E-state index contributed by atoms with van der Waals surface area (Å²) in [5, 5.41) is 1.29. The molecule has 0 nitrogen and oxygen atoms in total. The molecule has 1 atom stereocenters. The molecule has 122 valence electrons. The summed E-state index contributed by atoms with van der Waals surface area (Å²) >= 11 is 0. The first-order valence-corrected chi connectivity index (χ1v) is 10.7. The third-order valence-electron chi connectivity index (χ3n) is 4.28. The van der Waals surface area contributed by atoms with E-state index in [2.05, 4.69) is 31.3 Å². The topological polar surface area (TPSA) is 0 Å². The number of halogens is 3. The molecule has 0 amide bonds. The van der Waals surface area contributed by atoms with Crippen LogP contribution in [0.3, 0.4) is 0 Å². The maximum atomic E-state index is 12.8. The largest absolute Gasteiger partial charge is 0.416 e. The van der Waals surface area contributed by atoms with Gasteiger partial charge in [0, 0.05) is 5.54 Å². The predicted molar refractivity (Wildman–Crippen MR) is 92.6 cm³/mol. The van der Waals surface area contributed by atoms with Gasteiger partial charge in [0.1, 0.15) is 0 Å².